The summed E-state index contributed by atoms with van der Waals surface area (Å²) in [5.41, 5.74) is 0.408. The van der Waals surface area contributed by atoms with Gasteiger partial charge in [0.05, 0.1) is 19.3 Å². The molecule has 0 aliphatic rings. The fraction of sp³-hybridized carbons (Fsp3) is 0.700. The van der Waals surface area contributed by atoms with Crippen LogP contribution in [-0.2, 0) is 19.0 Å². The van der Waals surface area contributed by atoms with Gasteiger partial charge in [-0.15, -0.1) is 0 Å². The SMILES string of the molecule is C=C(C)C(=O)OCCC(COC)OC. The predicted octanol–water partition coefficient (Wildman–Crippen LogP) is 1.16. The van der Waals surface area contributed by atoms with E-state index in [2.05, 4.69) is 6.58 Å². The molecule has 0 aliphatic carbocycles. The first-order chi connectivity index (χ1) is 6.61. The highest BCUT2D eigenvalue weighted by Crippen LogP contribution is 2.00. The van der Waals surface area contributed by atoms with Crippen LogP contribution >= 0.6 is 0 Å². The molecule has 0 amide bonds. The van der Waals surface area contributed by atoms with E-state index >= 15 is 0 Å². The molecule has 0 spiro atoms. The van der Waals surface area contributed by atoms with E-state index in [0.717, 1.165) is 0 Å². The first-order valence-electron chi connectivity index (χ1n) is 4.46. The molecule has 1 unspecified atom stereocenters. The van der Waals surface area contributed by atoms with E-state index in [1.165, 1.54) is 0 Å². The minimum Gasteiger partial charge on any atom is -0.462 e. The number of rotatable bonds is 7. The molecule has 82 valence electrons. The van der Waals surface area contributed by atoms with Crippen molar-refractivity contribution in [1.82, 2.24) is 0 Å². The zero-order valence-corrected chi connectivity index (χ0v) is 9.04. The summed E-state index contributed by atoms with van der Waals surface area (Å²) in [5, 5.41) is 0. The molecular weight excluding hydrogens is 184 g/mol. The Morgan fingerprint density at radius 2 is 2.07 bits per heavy atom. The van der Waals surface area contributed by atoms with Crippen molar-refractivity contribution in [2.75, 3.05) is 27.4 Å². The summed E-state index contributed by atoms with van der Waals surface area (Å²) < 4.78 is 14.9. The topological polar surface area (TPSA) is 44.8 Å². The number of hydrogen-bond acceptors (Lipinski definition) is 4. The lowest BCUT2D eigenvalue weighted by atomic mass is 10.3. The number of hydrogen-bond donors (Lipinski definition) is 0. The molecule has 0 aromatic heterocycles. The Morgan fingerprint density at radius 3 is 2.50 bits per heavy atom. The maximum Gasteiger partial charge on any atom is 0.333 e. The summed E-state index contributed by atoms with van der Waals surface area (Å²) in [6, 6.07) is 0. The van der Waals surface area contributed by atoms with E-state index < -0.39 is 0 Å². The average molecular weight is 202 g/mol. The third-order valence-electron chi connectivity index (χ3n) is 1.71. The van der Waals surface area contributed by atoms with Crippen LogP contribution in [0.2, 0.25) is 0 Å². The molecule has 0 saturated heterocycles. The Hall–Kier alpha value is -0.870. The lowest BCUT2D eigenvalue weighted by Gasteiger charge is -2.13. The molecule has 4 heteroatoms. The molecule has 0 radical (unpaired) electrons. The highest BCUT2D eigenvalue weighted by molar-refractivity contribution is 5.86. The molecule has 0 aromatic carbocycles. The van der Waals surface area contributed by atoms with Crippen molar-refractivity contribution < 1.29 is 19.0 Å². The molecule has 4 nitrogen and oxygen atoms in total. The van der Waals surface area contributed by atoms with Gasteiger partial charge < -0.3 is 14.2 Å². The quantitative estimate of drug-likeness (QED) is 0.459. The second kappa shape index (κ2) is 7.53. The van der Waals surface area contributed by atoms with Gasteiger partial charge in [0, 0.05) is 26.2 Å². The van der Waals surface area contributed by atoms with E-state index in [9.17, 15) is 4.79 Å². The minimum atomic E-state index is -0.364. The van der Waals surface area contributed by atoms with Crippen molar-refractivity contribution in [2.24, 2.45) is 0 Å². The van der Waals surface area contributed by atoms with Crippen LogP contribution in [0.25, 0.3) is 0 Å². The van der Waals surface area contributed by atoms with Gasteiger partial charge in [0.1, 0.15) is 0 Å². The summed E-state index contributed by atoms with van der Waals surface area (Å²) in [5.74, 6) is -0.364. The normalized spacial score (nSPS) is 12.2. The molecule has 0 bridgehead atoms. The van der Waals surface area contributed by atoms with Crippen LogP contribution in [0.5, 0.6) is 0 Å². The molecule has 0 N–H and O–H groups in total. The van der Waals surface area contributed by atoms with Gasteiger partial charge in [0.25, 0.3) is 0 Å². The Morgan fingerprint density at radius 1 is 1.43 bits per heavy atom. The average Bonchev–Trinajstić information content (AvgIpc) is 2.16. The maximum absolute atomic E-state index is 11.0. The summed E-state index contributed by atoms with van der Waals surface area (Å²) in [6.45, 7) is 5.92. The fourth-order valence-electron chi connectivity index (χ4n) is 0.861. The third-order valence-corrected chi connectivity index (χ3v) is 1.71. The van der Waals surface area contributed by atoms with E-state index in [0.29, 0.717) is 25.2 Å². The lowest BCUT2D eigenvalue weighted by Crippen LogP contribution is -2.20. The van der Waals surface area contributed by atoms with Gasteiger partial charge >= 0.3 is 5.97 Å². The van der Waals surface area contributed by atoms with Crippen LogP contribution in [0.15, 0.2) is 12.2 Å². The standard InChI is InChI=1S/C10H18O4/c1-8(2)10(11)14-6-5-9(13-4)7-12-3/h9H,1,5-7H2,2-4H3. The van der Waals surface area contributed by atoms with Crippen LogP contribution in [0.1, 0.15) is 13.3 Å². The van der Waals surface area contributed by atoms with E-state index in [4.69, 9.17) is 14.2 Å². The number of ether oxygens (including phenoxy) is 3. The van der Waals surface area contributed by atoms with Crippen molar-refractivity contribution in [2.45, 2.75) is 19.4 Å². The van der Waals surface area contributed by atoms with Gasteiger partial charge in [0.2, 0.25) is 0 Å². The first-order valence-corrected chi connectivity index (χ1v) is 4.46. The summed E-state index contributed by atoms with van der Waals surface area (Å²) in [7, 11) is 3.20. The number of carbonyl (C=O) groups is 1. The summed E-state index contributed by atoms with van der Waals surface area (Å²) >= 11 is 0. The van der Waals surface area contributed by atoms with E-state index in [1.807, 2.05) is 0 Å². The minimum absolute atomic E-state index is 0.0297. The Balaban J connectivity index is 3.60. The smallest absolute Gasteiger partial charge is 0.333 e. The van der Waals surface area contributed by atoms with E-state index in [-0.39, 0.29) is 12.1 Å². The molecule has 1 atom stereocenters. The van der Waals surface area contributed by atoms with Crippen molar-refractivity contribution in [1.29, 1.82) is 0 Å². The van der Waals surface area contributed by atoms with Crippen LogP contribution in [0.4, 0.5) is 0 Å². The highest BCUT2D eigenvalue weighted by atomic mass is 16.5. The molecule has 0 heterocycles. The largest absolute Gasteiger partial charge is 0.462 e. The second-order valence-electron chi connectivity index (χ2n) is 3.02. The molecular formula is C10H18O4. The van der Waals surface area contributed by atoms with Crippen molar-refractivity contribution in [3.63, 3.8) is 0 Å². The highest BCUT2D eigenvalue weighted by Gasteiger charge is 2.08. The van der Waals surface area contributed by atoms with Crippen molar-refractivity contribution in [3.8, 4) is 0 Å². The Kier molecular flexibility index (Phi) is 7.06. The van der Waals surface area contributed by atoms with Gasteiger partial charge in [-0.3, -0.25) is 0 Å². The fourth-order valence-corrected chi connectivity index (χ4v) is 0.861. The molecule has 14 heavy (non-hydrogen) atoms. The number of esters is 1. The number of carbonyl (C=O) groups excluding carboxylic acids is 1. The Bertz CT molecular complexity index is 189. The zero-order valence-electron chi connectivity index (χ0n) is 9.04. The third kappa shape index (κ3) is 5.72. The first kappa shape index (κ1) is 13.1. The van der Waals surface area contributed by atoms with Gasteiger partial charge in [-0.05, 0) is 6.92 Å². The summed E-state index contributed by atoms with van der Waals surface area (Å²) in [4.78, 5) is 11.0. The van der Waals surface area contributed by atoms with Crippen LogP contribution in [0, 0.1) is 0 Å². The number of methoxy groups -OCH3 is 2. The lowest BCUT2D eigenvalue weighted by molar-refractivity contribution is -0.139. The van der Waals surface area contributed by atoms with Gasteiger partial charge in [-0.1, -0.05) is 6.58 Å². The monoisotopic (exact) mass is 202 g/mol. The van der Waals surface area contributed by atoms with Crippen LogP contribution in [-0.4, -0.2) is 39.5 Å². The molecule has 0 aromatic rings. The summed E-state index contributed by atoms with van der Waals surface area (Å²) in [6.07, 6.45) is 0.599. The molecule has 0 rings (SSSR count). The van der Waals surface area contributed by atoms with Gasteiger partial charge in [-0.2, -0.15) is 0 Å². The van der Waals surface area contributed by atoms with Crippen LogP contribution < -0.4 is 0 Å². The second-order valence-corrected chi connectivity index (χ2v) is 3.02. The zero-order chi connectivity index (χ0) is 11.0. The van der Waals surface area contributed by atoms with Crippen LogP contribution in [0.3, 0.4) is 0 Å². The molecule has 0 saturated carbocycles. The molecule has 0 aliphatic heterocycles. The predicted molar refractivity (Wildman–Crippen MR) is 53.1 cm³/mol. The maximum atomic E-state index is 11.0. The molecule has 0 fully saturated rings. The Labute approximate surface area is 84.8 Å². The van der Waals surface area contributed by atoms with Crippen molar-refractivity contribution >= 4 is 5.97 Å². The van der Waals surface area contributed by atoms with Crippen molar-refractivity contribution in [3.05, 3.63) is 12.2 Å². The van der Waals surface area contributed by atoms with E-state index in [1.54, 1.807) is 21.1 Å². The van der Waals surface area contributed by atoms with Gasteiger partial charge in [-0.25, -0.2) is 4.79 Å². The van der Waals surface area contributed by atoms with Gasteiger partial charge in [0.15, 0.2) is 0 Å².